The molecule has 21 heavy (non-hydrogen) atoms. The topological polar surface area (TPSA) is 73.6 Å². The maximum Gasteiger partial charge on any atom is 0.340 e. The van der Waals surface area contributed by atoms with Crippen LogP contribution in [0.2, 0.25) is 0 Å². The van der Waals surface area contributed by atoms with E-state index in [2.05, 4.69) is 5.10 Å². The third-order valence-electron chi connectivity index (χ3n) is 3.11. The van der Waals surface area contributed by atoms with E-state index in [4.69, 9.17) is 9.47 Å². The van der Waals surface area contributed by atoms with Crippen molar-refractivity contribution < 1.29 is 19.4 Å². The number of aryl methyl sites for hydroxylation is 2. The molecule has 0 saturated heterocycles. The molecule has 2 aromatic rings. The molecule has 0 spiro atoms. The van der Waals surface area contributed by atoms with Crippen LogP contribution < -0.4 is 9.47 Å². The first kappa shape index (κ1) is 13.8. The zero-order valence-corrected chi connectivity index (χ0v) is 12.4. The summed E-state index contributed by atoms with van der Waals surface area (Å²) in [5, 5.41) is 14.1. The molecule has 3 rings (SSSR count). The van der Waals surface area contributed by atoms with Gasteiger partial charge in [0, 0.05) is 11.9 Å². The van der Waals surface area contributed by atoms with Gasteiger partial charge in [-0.25, -0.2) is 4.79 Å². The number of nitrogens with zero attached hydrogens (tertiary/aromatic N) is 2. The van der Waals surface area contributed by atoms with Gasteiger partial charge in [0.15, 0.2) is 11.5 Å². The second-order valence-electron chi connectivity index (χ2n) is 4.60. The molecule has 1 aromatic heterocycles. The van der Waals surface area contributed by atoms with Gasteiger partial charge in [-0.15, -0.1) is 0 Å². The minimum absolute atomic E-state index is 0.234. The first-order valence-corrected chi connectivity index (χ1v) is 7.22. The van der Waals surface area contributed by atoms with Crippen LogP contribution in [0.5, 0.6) is 11.5 Å². The van der Waals surface area contributed by atoms with Gasteiger partial charge in [0.2, 0.25) is 0 Å². The van der Waals surface area contributed by atoms with Crippen LogP contribution in [-0.2, 0) is 7.05 Å². The zero-order chi connectivity index (χ0) is 15.0. The van der Waals surface area contributed by atoms with E-state index in [0.29, 0.717) is 35.4 Å². The van der Waals surface area contributed by atoms with Crippen molar-refractivity contribution in [1.29, 1.82) is 0 Å². The Morgan fingerprint density at radius 2 is 2.05 bits per heavy atom. The summed E-state index contributed by atoms with van der Waals surface area (Å²) in [6.07, 6.45) is 0. The molecule has 0 bridgehead atoms. The summed E-state index contributed by atoms with van der Waals surface area (Å²) in [6, 6.07) is 5.57. The van der Waals surface area contributed by atoms with Crippen LogP contribution in [0.15, 0.2) is 28.1 Å². The molecule has 1 N–H and O–H groups in total. The van der Waals surface area contributed by atoms with E-state index in [1.807, 2.05) is 18.2 Å². The van der Waals surface area contributed by atoms with Gasteiger partial charge >= 0.3 is 5.97 Å². The number of aromatic carboxylic acids is 1. The van der Waals surface area contributed by atoms with E-state index in [-0.39, 0.29) is 5.56 Å². The SMILES string of the molecule is Cc1nn(C)c(Sc2ccc3c(c2)OCCO3)c1C(=O)O. The molecule has 0 fully saturated rings. The van der Waals surface area contributed by atoms with Gasteiger partial charge in [0.1, 0.15) is 23.8 Å². The number of rotatable bonds is 3. The van der Waals surface area contributed by atoms with Crippen molar-refractivity contribution in [2.75, 3.05) is 13.2 Å². The Kier molecular flexibility index (Phi) is 3.50. The molecule has 0 aliphatic carbocycles. The lowest BCUT2D eigenvalue weighted by molar-refractivity contribution is 0.0692. The van der Waals surface area contributed by atoms with Crippen molar-refractivity contribution in [3.8, 4) is 11.5 Å². The van der Waals surface area contributed by atoms with Crippen LogP contribution in [0.3, 0.4) is 0 Å². The minimum atomic E-state index is -0.972. The van der Waals surface area contributed by atoms with Crippen molar-refractivity contribution in [2.24, 2.45) is 7.05 Å². The van der Waals surface area contributed by atoms with Gasteiger partial charge in [0.05, 0.1) is 5.69 Å². The Morgan fingerprint density at radius 1 is 1.33 bits per heavy atom. The molecule has 1 aliphatic rings. The first-order valence-electron chi connectivity index (χ1n) is 6.40. The number of carboxylic acid groups (broad SMARTS) is 1. The smallest absolute Gasteiger partial charge is 0.340 e. The number of carbonyl (C=O) groups is 1. The summed E-state index contributed by atoms with van der Waals surface area (Å²) >= 11 is 1.35. The van der Waals surface area contributed by atoms with Gasteiger partial charge in [-0.05, 0) is 25.1 Å². The van der Waals surface area contributed by atoms with Gasteiger partial charge in [-0.1, -0.05) is 11.8 Å². The number of fused-ring (bicyclic) bond motifs is 1. The maximum atomic E-state index is 11.4. The molecule has 7 heteroatoms. The quantitative estimate of drug-likeness (QED) is 0.938. The number of ether oxygens (including phenoxy) is 2. The molecule has 110 valence electrons. The van der Waals surface area contributed by atoms with Gasteiger partial charge < -0.3 is 14.6 Å². The summed E-state index contributed by atoms with van der Waals surface area (Å²) in [5.74, 6) is 0.424. The lowest BCUT2D eigenvalue weighted by Crippen LogP contribution is -2.15. The van der Waals surface area contributed by atoms with Crippen molar-refractivity contribution in [3.05, 3.63) is 29.5 Å². The number of aromatic nitrogens is 2. The highest BCUT2D eigenvalue weighted by atomic mass is 32.2. The molecule has 2 heterocycles. The van der Waals surface area contributed by atoms with Crippen LogP contribution in [0.1, 0.15) is 16.1 Å². The highest BCUT2D eigenvalue weighted by Gasteiger charge is 2.21. The van der Waals surface area contributed by atoms with E-state index >= 15 is 0 Å². The minimum Gasteiger partial charge on any atom is -0.486 e. The van der Waals surface area contributed by atoms with Crippen molar-refractivity contribution in [3.63, 3.8) is 0 Å². The third kappa shape index (κ3) is 2.56. The predicted molar refractivity (Wildman–Crippen MR) is 76.5 cm³/mol. The molecule has 0 atom stereocenters. The number of benzene rings is 1. The van der Waals surface area contributed by atoms with Crippen molar-refractivity contribution >= 4 is 17.7 Å². The summed E-state index contributed by atoms with van der Waals surface area (Å²) in [6.45, 7) is 2.76. The fourth-order valence-corrected chi connectivity index (χ4v) is 3.23. The Morgan fingerprint density at radius 3 is 2.76 bits per heavy atom. The van der Waals surface area contributed by atoms with Gasteiger partial charge in [-0.2, -0.15) is 5.10 Å². The maximum absolute atomic E-state index is 11.4. The largest absolute Gasteiger partial charge is 0.486 e. The zero-order valence-electron chi connectivity index (χ0n) is 11.6. The Hall–Kier alpha value is -2.15. The average Bonchev–Trinajstić information content (AvgIpc) is 2.73. The van der Waals surface area contributed by atoms with E-state index in [9.17, 15) is 9.90 Å². The number of hydrogen-bond donors (Lipinski definition) is 1. The molecular weight excluding hydrogens is 292 g/mol. The first-order chi connectivity index (χ1) is 10.1. The molecular formula is C14H14N2O4S. The van der Waals surface area contributed by atoms with E-state index in [1.54, 1.807) is 18.7 Å². The van der Waals surface area contributed by atoms with Crippen LogP contribution in [0, 0.1) is 6.92 Å². The van der Waals surface area contributed by atoms with Crippen LogP contribution in [0.4, 0.5) is 0 Å². The Labute approximate surface area is 125 Å². The van der Waals surface area contributed by atoms with E-state index in [1.165, 1.54) is 11.8 Å². The fraction of sp³-hybridized carbons (Fsp3) is 0.286. The molecule has 1 aromatic carbocycles. The summed E-state index contributed by atoms with van der Waals surface area (Å²) in [7, 11) is 1.74. The second kappa shape index (κ2) is 5.33. The molecule has 0 saturated carbocycles. The average molecular weight is 306 g/mol. The summed E-state index contributed by atoms with van der Waals surface area (Å²) < 4.78 is 12.6. The highest BCUT2D eigenvalue weighted by Crippen LogP contribution is 2.38. The molecule has 6 nitrogen and oxygen atoms in total. The van der Waals surface area contributed by atoms with Gasteiger partial charge in [-0.3, -0.25) is 4.68 Å². The van der Waals surface area contributed by atoms with E-state index < -0.39 is 5.97 Å². The van der Waals surface area contributed by atoms with Crippen LogP contribution in [-0.4, -0.2) is 34.1 Å². The highest BCUT2D eigenvalue weighted by molar-refractivity contribution is 7.99. The lowest BCUT2D eigenvalue weighted by Gasteiger charge is -2.18. The number of hydrogen-bond acceptors (Lipinski definition) is 5. The fourth-order valence-electron chi connectivity index (χ4n) is 2.20. The van der Waals surface area contributed by atoms with Crippen LogP contribution in [0.25, 0.3) is 0 Å². The summed E-state index contributed by atoms with van der Waals surface area (Å²) in [4.78, 5) is 12.2. The van der Waals surface area contributed by atoms with Crippen molar-refractivity contribution in [1.82, 2.24) is 9.78 Å². The molecule has 0 unspecified atom stereocenters. The Bertz CT molecular complexity index is 711. The normalized spacial score (nSPS) is 13.2. The second-order valence-corrected chi connectivity index (χ2v) is 5.66. The molecule has 0 amide bonds. The van der Waals surface area contributed by atoms with E-state index in [0.717, 1.165) is 4.90 Å². The molecule has 1 aliphatic heterocycles. The monoisotopic (exact) mass is 306 g/mol. The predicted octanol–water partition coefficient (Wildman–Crippen LogP) is 2.35. The standard InChI is InChI=1S/C14H14N2O4S/c1-8-12(14(17)18)13(16(2)15-8)21-9-3-4-10-11(7-9)20-6-5-19-10/h3-4,7H,5-6H2,1-2H3,(H,17,18). The third-order valence-corrected chi connectivity index (χ3v) is 4.26. The molecule has 0 radical (unpaired) electrons. The Balaban J connectivity index is 1.95. The van der Waals surface area contributed by atoms with Crippen LogP contribution >= 0.6 is 11.8 Å². The van der Waals surface area contributed by atoms with Gasteiger partial charge in [0.25, 0.3) is 0 Å². The lowest BCUT2D eigenvalue weighted by atomic mass is 10.3. The summed E-state index contributed by atoms with van der Waals surface area (Å²) in [5.41, 5.74) is 0.738. The van der Waals surface area contributed by atoms with Crippen molar-refractivity contribution in [2.45, 2.75) is 16.8 Å². The number of carboxylic acids is 1.